The molecule has 10 nitrogen and oxygen atoms in total. The van der Waals surface area contributed by atoms with Crippen LogP contribution in [-0.4, -0.2) is 49.6 Å². The third-order valence-corrected chi connectivity index (χ3v) is 6.74. The molecule has 0 bridgehead atoms. The van der Waals surface area contributed by atoms with Crippen LogP contribution >= 0.6 is 0 Å². The summed E-state index contributed by atoms with van der Waals surface area (Å²) in [5.74, 6) is 0.783. The van der Waals surface area contributed by atoms with Gasteiger partial charge in [-0.3, -0.25) is 0 Å². The van der Waals surface area contributed by atoms with E-state index in [0.717, 1.165) is 11.0 Å². The fourth-order valence-corrected chi connectivity index (χ4v) is 3.60. The third-order valence-electron chi connectivity index (χ3n) is 6.74. The lowest BCUT2D eigenvalue weighted by atomic mass is 9.79. The molecule has 0 aliphatic carbocycles. The summed E-state index contributed by atoms with van der Waals surface area (Å²) in [6.07, 6.45) is 0. The highest BCUT2D eigenvalue weighted by atomic mass is 16.7. The molecule has 4 rings (SSSR count). The molecular weight excluding hydrogens is 507 g/mol. The number of ether oxygens (including phenoxy) is 3. The van der Waals surface area contributed by atoms with E-state index in [2.05, 4.69) is 9.47 Å². The van der Waals surface area contributed by atoms with Crippen LogP contribution in [0.5, 0.6) is 5.75 Å². The lowest BCUT2D eigenvalue weighted by molar-refractivity contribution is 0.00578. The van der Waals surface area contributed by atoms with Crippen LogP contribution in [0.25, 0.3) is 0 Å². The Labute approximate surface area is 228 Å². The Bertz CT molecular complexity index is 1270. The van der Waals surface area contributed by atoms with Crippen LogP contribution in [0.4, 0.5) is 0 Å². The number of aliphatic hydroxyl groups excluding tert-OH is 1. The van der Waals surface area contributed by atoms with Gasteiger partial charge in [-0.25, -0.2) is 9.59 Å². The molecule has 0 spiro atoms. The summed E-state index contributed by atoms with van der Waals surface area (Å²) < 4.78 is 37.3. The summed E-state index contributed by atoms with van der Waals surface area (Å²) in [5.41, 5.74) is 1.82. The second-order valence-corrected chi connectivity index (χ2v) is 9.98. The number of rotatable bonds is 7. The molecule has 0 atom stereocenters. The molecule has 3 heterocycles. The third kappa shape index (κ3) is 6.92. The average Bonchev–Trinajstić information content (AvgIpc) is 3.54. The largest absolute Gasteiger partial charge is 0.494 e. The lowest BCUT2D eigenvalue weighted by Crippen LogP contribution is -2.41. The number of furan rings is 2. The van der Waals surface area contributed by atoms with Crippen molar-refractivity contribution in [3.8, 4) is 5.75 Å². The minimum absolute atomic E-state index is 0.124. The molecular formula is C28H35BO10. The topological polar surface area (TPSA) is 127 Å². The van der Waals surface area contributed by atoms with Crippen molar-refractivity contribution in [1.29, 1.82) is 0 Å². The monoisotopic (exact) mass is 542 g/mol. The zero-order chi connectivity index (χ0) is 29.0. The van der Waals surface area contributed by atoms with Crippen LogP contribution in [0.2, 0.25) is 0 Å². The van der Waals surface area contributed by atoms with E-state index in [1.54, 1.807) is 19.9 Å². The van der Waals surface area contributed by atoms with Crippen molar-refractivity contribution in [2.75, 3.05) is 14.2 Å². The number of aliphatic hydroxyl groups is 1. The van der Waals surface area contributed by atoms with Crippen LogP contribution in [0.1, 0.15) is 71.5 Å². The van der Waals surface area contributed by atoms with E-state index in [0.29, 0.717) is 29.4 Å². The molecule has 0 unspecified atom stereocenters. The van der Waals surface area contributed by atoms with E-state index in [-0.39, 0.29) is 36.4 Å². The minimum Gasteiger partial charge on any atom is -0.485 e. The molecule has 1 fully saturated rings. The zero-order valence-corrected chi connectivity index (χ0v) is 23.6. The van der Waals surface area contributed by atoms with Crippen LogP contribution in [0, 0.1) is 13.8 Å². The summed E-state index contributed by atoms with van der Waals surface area (Å²) in [5, 5.41) is 8.77. The molecule has 39 heavy (non-hydrogen) atoms. The Balaban J connectivity index is 0.000000293. The normalized spacial score (nSPS) is 15.4. The van der Waals surface area contributed by atoms with Gasteiger partial charge in [-0.2, -0.15) is 0 Å². The Kier molecular flexibility index (Phi) is 9.32. The van der Waals surface area contributed by atoms with Gasteiger partial charge in [0.2, 0.25) is 11.5 Å². The maximum Gasteiger partial charge on any atom is 0.494 e. The first-order chi connectivity index (χ1) is 18.3. The van der Waals surface area contributed by atoms with Crippen molar-refractivity contribution in [1.82, 2.24) is 0 Å². The molecule has 1 aromatic carbocycles. The Morgan fingerprint density at radius 2 is 1.36 bits per heavy atom. The van der Waals surface area contributed by atoms with Gasteiger partial charge < -0.3 is 37.5 Å². The molecule has 0 amide bonds. The molecule has 0 saturated carbocycles. The number of carbonyl (C=O) groups is 2. The van der Waals surface area contributed by atoms with E-state index >= 15 is 0 Å². The fraction of sp³-hybridized carbons (Fsp3) is 0.429. The number of carbonyl (C=O) groups excluding carboxylic acids is 2. The molecule has 11 heteroatoms. The maximum absolute atomic E-state index is 11.5. The van der Waals surface area contributed by atoms with E-state index in [1.165, 1.54) is 20.3 Å². The van der Waals surface area contributed by atoms with Crippen molar-refractivity contribution in [3.63, 3.8) is 0 Å². The van der Waals surface area contributed by atoms with Gasteiger partial charge in [-0.15, -0.1) is 0 Å². The van der Waals surface area contributed by atoms with Crippen molar-refractivity contribution in [3.05, 3.63) is 70.6 Å². The van der Waals surface area contributed by atoms with E-state index in [9.17, 15) is 9.59 Å². The molecule has 1 N–H and O–H groups in total. The van der Waals surface area contributed by atoms with Gasteiger partial charge in [0, 0.05) is 11.6 Å². The zero-order valence-electron chi connectivity index (χ0n) is 23.6. The predicted molar refractivity (Wildman–Crippen MR) is 142 cm³/mol. The van der Waals surface area contributed by atoms with Gasteiger partial charge in [-0.1, -0.05) is 24.3 Å². The lowest BCUT2D eigenvalue weighted by Gasteiger charge is -2.32. The molecule has 3 aromatic rings. The molecule has 1 aliphatic heterocycles. The number of hydrogen-bond donors (Lipinski definition) is 1. The second-order valence-electron chi connectivity index (χ2n) is 9.98. The Hall–Kier alpha value is -3.54. The summed E-state index contributed by atoms with van der Waals surface area (Å²) in [4.78, 5) is 22.4. The molecule has 1 saturated heterocycles. The first-order valence-electron chi connectivity index (χ1n) is 12.4. The first kappa shape index (κ1) is 30.0. The molecule has 1 aliphatic rings. The van der Waals surface area contributed by atoms with Gasteiger partial charge in [0.15, 0.2) is 5.75 Å². The maximum atomic E-state index is 11.5. The molecule has 2 aromatic heterocycles. The van der Waals surface area contributed by atoms with E-state index in [4.69, 9.17) is 28.0 Å². The Morgan fingerprint density at radius 3 is 1.85 bits per heavy atom. The van der Waals surface area contributed by atoms with Crippen LogP contribution in [-0.2, 0) is 32.0 Å². The highest BCUT2D eigenvalue weighted by molar-refractivity contribution is 6.62. The van der Waals surface area contributed by atoms with Gasteiger partial charge in [-0.05, 0) is 58.6 Å². The summed E-state index contributed by atoms with van der Waals surface area (Å²) in [6.45, 7) is 11.8. The number of benzene rings is 1. The molecule has 210 valence electrons. The van der Waals surface area contributed by atoms with Gasteiger partial charge in [0.25, 0.3) is 0 Å². The number of methoxy groups -OCH3 is 2. The summed E-state index contributed by atoms with van der Waals surface area (Å²) in [7, 11) is 2.20. The quantitative estimate of drug-likeness (QED) is 0.344. The smallest absolute Gasteiger partial charge is 0.485 e. The average molecular weight is 542 g/mol. The van der Waals surface area contributed by atoms with Crippen molar-refractivity contribution < 1.29 is 47.0 Å². The minimum atomic E-state index is -0.530. The Morgan fingerprint density at radius 1 is 0.846 bits per heavy atom. The van der Waals surface area contributed by atoms with E-state index < -0.39 is 11.9 Å². The van der Waals surface area contributed by atoms with Gasteiger partial charge >= 0.3 is 19.1 Å². The summed E-state index contributed by atoms with van der Waals surface area (Å²) >= 11 is 0. The second kappa shape index (κ2) is 12.1. The first-order valence-corrected chi connectivity index (χ1v) is 12.4. The van der Waals surface area contributed by atoms with Crippen LogP contribution in [0.3, 0.4) is 0 Å². The predicted octanol–water partition coefficient (Wildman–Crippen LogP) is 4.12. The fourth-order valence-electron chi connectivity index (χ4n) is 3.60. The van der Waals surface area contributed by atoms with Crippen molar-refractivity contribution in [2.45, 2.75) is 66.0 Å². The molecule has 0 radical (unpaired) electrons. The van der Waals surface area contributed by atoms with Crippen molar-refractivity contribution >= 4 is 24.5 Å². The highest BCUT2D eigenvalue weighted by Crippen LogP contribution is 2.36. The van der Waals surface area contributed by atoms with Crippen LogP contribution in [0.15, 0.2) is 45.2 Å². The summed E-state index contributed by atoms with van der Waals surface area (Å²) in [6, 6.07) is 10.9. The van der Waals surface area contributed by atoms with Gasteiger partial charge in [0.05, 0.1) is 32.0 Å². The van der Waals surface area contributed by atoms with Crippen molar-refractivity contribution in [2.24, 2.45) is 0 Å². The van der Waals surface area contributed by atoms with Crippen LogP contribution < -0.4 is 10.2 Å². The number of aryl methyl sites for hydroxylation is 2. The van der Waals surface area contributed by atoms with Gasteiger partial charge in [0.1, 0.15) is 18.1 Å². The van der Waals surface area contributed by atoms with E-state index in [1.807, 2.05) is 52.0 Å². The number of hydrogen-bond acceptors (Lipinski definition) is 10. The highest BCUT2D eigenvalue weighted by Gasteiger charge is 2.51. The SMILES string of the molecule is COC(=O)c1cc(CO)c(C)o1.COC(=O)c1cc(OCc2ccc(B3OC(C)(C)C(C)(C)O3)cc2)c(C)o1. The standard InChI is InChI=1S/C20H25BO6.C8H10O4/c1-13-16(11-17(25-13)18(22)23-6)24-12-14-7-9-15(10-8-14)21-26-19(2,3)20(4,5)27-21;1-5-6(4-9)3-7(12-5)8(10)11-2/h7-11H,12H2,1-6H3;3,9H,4H2,1-2H3. The number of esters is 2.